The predicted molar refractivity (Wildman–Crippen MR) is 106 cm³/mol. The van der Waals surface area contributed by atoms with Gasteiger partial charge in [-0.1, -0.05) is 19.9 Å². The second kappa shape index (κ2) is 9.49. The van der Waals surface area contributed by atoms with Crippen LogP contribution >= 0.6 is 0 Å². The van der Waals surface area contributed by atoms with E-state index in [2.05, 4.69) is 4.98 Å². The number of aryl methyl sites for hydroxylation is 1. The van der Waals surface area contributed by atoms with E-state index < -0.39 is 23.8 Å². The number of aromatic nitrogens is 1. The molecule has 7 heteroatoms. The molecular weight excluding hydrogens is 377 g/mol. The molecule has 0 aliphatic heterocycles. The molecule has 2 aromatic rings. The second-order valence-electron chi connectivity index (χ2n) is 7.17. The van der Waals surface area contributed by atoms with Crippen molar-refractivity contribution < 1.29 is 28.6 Å². The number of hydrogen-bond donors (Lipinski definition) is 1. The van der Waals surface area contributed by atoms with Crippen LogP contribution in [0.3, 0.4) is 0 Å². The Morgan fingerprint density at radius 1 is 1.21 bits per heavy atom. The van der Waals surface area contributed by atoms with Gasteiger partial charge in [-0.3, -0.25) is 9.59 Å². The van der Waals surface area contributed by atoms with Crippen LogP contribution < -0.4 is 4.74 Å². The summed E-state index contributed by atoms with van der Waals surface area (Å²) in [4.78, 5) is 28.8. The van der Waals surface area contributed by atoms with Crippen LogP contribution in [0.1, 0.15) is 54.7 Å². The fourth-order valence-electron chi connectivity index (χ4n) is 3.07. The molecule has 29 heavy (non-hydrogen) atoms. The first-order chi connectivity index (χ1) is 13.6. The summed E-state index contributed by atoms with van der Waals surface area (Å²) in [5.74, 6) is -2.42. The Hall–Kier alpha value is -2.96. The Morgan fingerprint density at radius 3 is 2.52 bits per heavy atom. The van der Waals surface area contributed by atoms with Crippen molar-refractivity contribution in [3.8, 4) is 11.5 Å². The molecule has 0 spiro atoms. The Bertz CT molecular complexity index is 899. The minimum Gasteiger partial charge on any atom is -0.503 e. The second-order valence-corrected chi connectivity index (χ2v) is 7.17. The smallest absolute Gasteiger partial charge is 0.309 e. The van der Waals surface area contributed by atoms with E-state index in [0.29, 0.717) is 0 Å². The van der Waals surface area contributed by atoms with Gasteiger partial charge in [-0.15, -0.1) is 0 Å². The molecule has 0 aliphatic rings. The van der Waals surface area contributed by atoms with Gasteiger partial charge in [0.1, 0.15) is 11.9 Å². The minimum absolute atomic E-state index is 0.135. The Balaban J connectivity index is 2.02. The molecule has 156 valence electrons. The van der Waals surface area contributed by atoms with Crippen LogP contribution in [0.2, 0.25) is 0 Å². The summed E-state index contributed by atoms with van der Waals surface area (Å²) in [5, 5.41) is 10.0. The number of halogens is 1. The highest BCUT2D eigenvalue weighted by molar-refractivity contribution is 5.99. The first-order valence-corrected chi connectivity index (χ1v) is 9.37. The largest absolute Gasteiger partial charge is 0.503 e. The normalized spacial score (nSPS) is 14.0. The van der Waals surface area contributed by atoms with E-state index in [1.807, 2.05) is 6.92 Å². The Morgan fingerprint density at radius 2 is 1.90 bits per heavy atom. The number of aromatic hydroxyl groups is 1. The van der Waals surface area contributed by atoms with Crippen LogP contribution in [0.5, 0.6) is 11.5 Å². The zero-order chi connectivity index (χ0) is 21.7. The average molecular weight is 403 g/mol. The van der Waals surface area contributed by atoms with E-state index in [1.54, 1.807) is 26.8 Å². The highest BCUT2D eigenvalue weighted by atomic mass is 19.1. The number of ketones is 1. The first-order valence-electron chi connectivity index (χ1n) is 9.37. The van der Waals surface area contributed by atoms with E-state index in [0.717, 1.165) is 11.1 Å². The van der Waals surface area contributed by atoms with Crippen LogP contribution in [-0.2, 0) is 9.53 Å². The summed E-state index contributed by atoms with van der Waals surface area (Å²) in [6, 6.07) is 5.94. The topological polar surface area (TPSA) is 85.7 Å². The number of ether oxygens (including phenoxy) is 2. The zero-order valence-electron chi connectivity index (χ0n) is 17.2. The number of benzene rings is 1. The van der Waals surface area contributed by atoms with E-state index in [-0.39, 0.29) is 35.3 Å². The number of carbonyl (C=O) groups is 2. The zero-order valence-corrected chi connectivity index (χ0v) is 17.2. The molecule has 3 atom stereocenters. The molecular formula is C22H26FNO5. The van der Waals surface area contributed by atoms with Crippen molar-refractivity contribution in [3.05, 3.63) is 53.1 Å². The predicted octanol–water partition coefficient (Wildman–Crippen LogP) is 4.19. The Kier molecular flexibility index (Phi) is 7.31. The van der Waals surface area contributed by atoms with Crippen LogP contribution in [0.15, 0.2) is 30.5 Å². The molecule has 2 rings (SSSR count). The molecule has 6 nitrogen and oxygen atoms in total. The van der Waals surface area contributed by atoms with Gasteiger partial charge in [0.2, 0.25) is 0 Å². The van der Waals surface area contributed by atoms with Gasteiger partial charge in [0.15, 0.2) is 23.0 Å². The molecule has 0 saturated heterocycles. The number of pyridine rings is 1. The summed E-state index contributed by atoms with van der Waals surface area (Å²) in [6.07, 6.45) is 0.722. The number of hydrogen-bond acceptors (Lipinski definition) is 6. The van der Waals surface area contributed by atoms with Gasteiger partial charge < -0.3 is 14.6 Å². The summed E-state index contributed by atoms with van der Waals surface area (Å²) in [7, 11) is 1.37. The molecule has 0 radical (unpaired) electrons. The lowest BCUT2D eigenvalue weighted by atomic mass is 9.92. The Labute approximate surface area is 169 Å². The van der Waals surface area contributed by atoms with Gasteiger partial charge in [-0.2, -0.15) is 0 Å². The number of carbonyl (C=O) groups excluding carboxylic acids is 2. The maximum atomic E-state index is 13.3. The van der Waals surface area contributed by atoms with Crippen molar-refractivity contribution in [2.45, 2.75) is 46.1 Å². The van der Waals surface area contributed by atoms with E-state index in [9.17, 15) is 19.1 Å². The lowest BCUT2D eigenvalue weighted by Gasteiger charge is -2.24. The summed E-state index contributed by atoms with van der Waals surface area (Å²) < 4.78 is 23.8. The van der Waals surface area contributed by atoms with Crippen LogP contribution in [0.25, 0.3) is 0 Å². The van der Waals surface area contributed by atoms with E-state index in [4.69, 9.17) is 9.47 Å². The third-order valence-electron chi connectivity index (χ3n) is 4.99. The van der Waals surface area contributed by atoms with Gasteiger partial charge in [0.05, 0.1) is 13.0 Å². The monoisotopic (exact) mass is 403 g/mol. The highest BCUT2D eigenvalue weighted by Crippen LogP contribution is 2.30. The molecule has 1 aromatic carbocycles. The van der Waals surface area contributed by atoms with Crippen molar-refractivity contribution in [1.29, 1.82) is 0 Å². The first kappa shape index (κ1) is 22.3. The maximum absolute atomic E-state index is 13.3. The third-order valence-corrected chi connectivity index (χ3v) is 4.99. The molecule has 0 unspecified atom stereocenters. The molecule has 1 heterocycles. The van der Waals surface area contributed by atoms with Crippen molar-refractivity contribution in [1.82, 2.24) is 4.98 Å². The van der Waals surface area contributed by atoms with E-state index >= 15 is 0 Å². The summed E-state index contributed by atoms with van der Waals surface area (Å²) in [6.45, 7) is 7.04. The number of methoxy groups -OCH3 is 1. The van der Waals surface area contributed by atoms with Gasteiger partial charge in [-0.25, -0.2) is 9.37 Å². The SMILES string of the molecule is COc1ccnc(C(=O)C[C@@H](C)C(=O)O[C@H](C)[C@@H](C)c2ccc(F)cc2C)c1O. The molecule has 1 aromatic heterocycles. The molecule has 0 fully saturated rings. The van der Waals surface area contributed by atoms with Gasteiger partial charge in [0.25, 0.3) is 0 Å². The van der Waals surface area contributed by atoms with E-state index in [1.165, 1.54) is 31.5 Å². The fraction of sp³-hybridized carbons (Fsp3) is 0.409. The van der Waals surface area contributed by atoms with Gasteiger partial charge >= 0.3 is 5.97 Å². The summed E-state index contributed by atoms with van der Waals surface area (Å²) >= 11 is 0. The lowest BCUT2D eigenvalue weighted by Crippen LogP contribution is -2.26. The van der Waals surface area contributed by atoms with Crippen LogP contribution in [0, 0.1) is 18.7 Å². The standard InChI is InChI=1S/C22H26FNO5/c1-12-10-16(23)6-7-17(12)14(3)15(4)29-22(27)13(2)11-18(25)20-21(26)19(28-5)8-9-24-20/h6-10,13-15,26H,11H2,1-5H3/t13-,14-,15-/m1/s1. The fourth-order valence-corrected chi connectivity index (χ4v) is 3.07. The minimum atomic E-state index is -0.723. The lowest BCUT2D eigenvalue weighted by molar-refractivity contribution is -0.153. The number of rotatable bonds is 8. The number of esters is 1. The third kappa shape index (κ3) is 5.31. The molecule has 0 saturated carbocycles. The molecule has 0 aliphatic carbocycles. The van der Waals surface area contributed by atoms with Crippen molar-refractivity contribution in [2.24, 2.45) is 5.92 Å². The van der Waals surface area contributed by atoms with Crippen LogP contribution in [-0.4, -0.2) is 35.1 Å². The quantitative estimate of drug-likeness (QED) is 0.525. The van der Waals surface area contributed by atoms with Gasteiger partial charge in [-0.05, 0) is 37.1 Å². The maximum Gasteiger partial charge on any atom is 0.309 e. The highest BCUT2D eigenvalue weighted by Gasteiger charge is 2.26. The van der Waals surface area contributed by atoms with Gasteiger partial charge in [0, 0.05) is 24.6 Å². The molecule has 0 bridgehead atoms. The number of Topliss-reactive ketones (excluding diaryl/α,β-unsaturated/α-hetero) is 1. The van der Waals surface area contributed by atoms with Crippen molar-refractivity contribution in [3.63, 3.8) is 0 Å². The summed E-state index contributed by atoms with van der Waals surface area (Å²) in [5.41, 5.74) is 1.52. The molecule has 1 N–H and O–H groups in total. The molecule has 0 amide bonds. The average Bonchev–Trinajstić information content (AvgIpc) is 2.67. The van der Waals surface area contributed by atoms with Crippen molar-refractivity contribution >= 4 is 11.8 Å². The number of nitrogens with zero attached hydrogens (tertiary/aromatic N) is 1. The van der Waals surface area contributed by atoms with Crippen LogP contribution in [0.4, 0.5) is 4.39 Å². The van der Waals surface area contributed by atoms with Crippen molar-refractivity contribution in [2.75, 3.05) is 7.11 Å².